The summed E-state index contributed by atoms with van der Waals surface area (Å²) in [4.78, 5) is 5.01. The minimum absolute atomic E-state index is 0. The number of hydrogen-bond acceptors (Lipinski definition) is 5. The number of aliphatic hydroxyl groups is 1. The molecular weight excluding hydrogens is 329 g/mol. The van der Waals surface area contributed by atoms with Crippen LogP contribution in [0.5, 0.6) is 0 Å². The van der Waals surface area contributed by atoms with Crippen LogP contribution in [0.2, 0.25) is 5.02 Å². The summed E-state index contributed by atoms with van der Waals surface area (Å²) in [5.74, 6) is 0. The molecule has 0 aliphatic rings. The van der Waals surface area contributed by atoms with Crippen molar-refractivity contribution >= 4 is 35.8 Å². The number of aromatic nitrogens is 1. The van der Waals surface area contributed by atoms with Gasteiger partial charge in [-0.1, -0.05) is 29.4 Å². The van der Waals surface area contributed by atoms with Crippen LogP contribution in [0.25, 0.3) is 0 Å². The van der Waals surface area contributed by atoms with Crippen molar-refractivity contribution in [1.82, 2.24) is 4.98 Å². The van der Waals surface area contributed by atoms with Gasteiger partial charge in [0.1, 0.15) is 5.03 Å². The third kappa shape index (κ3) is 4.10. The molecule has 7 heteroatoms. The van der Waals surface area contributed by atoms with E-state index in [1.165, 1.54) is 11.8 Å². The number of benzene rings is 1. The zero-order valence-corrected chi connectivity index (χ0v) is 13.3. The zero-order chi connectivity index (χ0) is 14.5. The van der Waals surface area contributed by atoms with E-state index in [4.69, 9.17) is 22.6 Å². The van der Waals surface area contributed by atoms with Crippen molar-refractivity contribution in [3.8, 4) is 6.07 Å². The van der Waals surface area contributed by atoms with Crippen LogP contribution in [0.3, 0.4) is 0 Å². The highest BCUT2D eigenvalue weighted by Gasteiger charge is 2.13. The number of pyridine rings is 1. The molecule has 1 aromatic carbocycles. The van der Waals surface area contributed by atoms with Crippen LogP contribution < -0.4 is 5.73 Å². The van der Waals surface area contributed by atoms with E-state index in [2.05, 4.69) is 11.1 Å². The second kappa shape index (κ2) is 8.23. The summed E-state index contributed by atoms with van der Waals surface area (Å²) in [6.45, 7) is 0.181. The predicted octanol–water partition coefficient (Wildman–Crippen LogP) is 3.13. The Morgan fingerprint density at radius 1 is 1.38 bits per heavy atom. The summed E-state index contributed by atoms with van der Waals surface area (Å²) >= 11 is 7.56. The van der Waals surface area contributed by atoms with Crippen LogP contribution in [0.4, 0.5) is 0 Å². The fraction of sp³-hybridized carbons (Fsp3) is 0.143. The normalized spacial score (nSPS) is 9.81. The molecule has 0 radical (unpaired) electrons. The minimum Gasteiger partial charge on any atom is -0.392 e. The van der Waals surface area contributed by atoms with Crippen molar-refractivity contribution in [2.24, 2.45) is 5.73 Å². The second-order valence-corrected chi connectivity index (χ2v) is 5.40. The molecule has 3 N–H and O–H groups in total. The lowest BCUT2D eigenvalue weighted by molar-refractivity contribution is 0.278. The highest BCUT2D eigenvalue weighted by molar-refractivity contribution is 7.99. The van der Waals surface area contributed by atoms with Gasteiger partial charge in [-0.3, -0.25) is 0 Å². The average molecular weight is 342 g/mol. The van der Waals surface area contributed by atoms with E-state index in [0.717, 1.165) is 16.0 Å². The number of nitrogens with zero attached hydrogens (tertiary/aromatic N) is 2. The van der Waals surface area contributed by atoms with Gasteiger partial charge in [-0.05, 0) is 23.8 Å². The molecule has 0 amide bonds. The van der Waals surface area contributed by atoms with Gasteiger partial charge in [0.05, 0.1) is 23.3 Å². The van der Waals surface area contributed by atoms with E-state index in [1.54, 1.807) is 30.5 Å². The number of halogens is 2. The standard InChI is InChI=1S/C14H12ClN3OS.ClH/c15-12-5-9(6-16)4-11(7-17)13(12)20-14-10(8-19)2-1-3-18-14;/h1-5,19H,7-8,17H2;1H. The molecule has 110 valence electrons. The first-order valence-electron chi connectivity index (χ1n) is 5.84. The molecule has 0 atom stereocenters. The summed E-state index contributed by atoms with van der Waals surface area (Å²) < 4.78 is 0. The van der Waals surface area contributed by atoms with Gasteiger partial charge in [-0.25, -0.2) is 4.98 Å². The Labute approximate surface area is 138 Å². The highest BCUT2D eigenvalue weighted by atomic mass is 35.5. The lowest BCUT2D eigenvalue weighted by Crippen LogP contribution is -2.00. The Balaban J connectivity index is 0.00000220. The van der Waals surface area contributed by atoms with Gasteiger partial charge in [-0.2, -0.15) is 5.26 Å². The SMILES string of the molecule is Cl.N#Cc1cc(Cl)c(Sc2ncccc2CO)c(CN)c1. The van der Waals surface area contributed by atoms with E-state index < -0.39 is 0 Å². The fourth-order valence-electron chi connectivity index (χ4n) is 1.71. The van der Waals surface area contributed by atoms with E-state index >= 15 is 0 Å². The first-order chi connectivity index (χ1) is 9.69. The number of hydrogen-bond donors (Lipinski definition) is 2. The van der Waals surface area contributed by atoms with Gasteiger partial charge in [0, 0.05) is 23.2 Å². The Hall–Kier alpha value is -1.29. The summed E-state index contributed by atoms with van der Waals surface area (Å²) in [5.41, 5.74) is 7.70. The van der Waals surface area contributed by atoms with Gasteiger partial charge in [0.2, 0.25) is 0 Å². The van der Waals surface area contributed by atoms with Crippen LogP contribution in [0.1, 0.15) is 16.7 Å². The van der Waals surface area contributed by atoms with Gasteiger partial charge in [0.15, 0.2) is 0 Å². The molecule has 0 aliphatic heterocycles. The monoisotopic (exact) mass is 341 g/mol. The lowest BCUT2D eigenvalue weighted by atomic mass is 10.1. The molecule has 0 aliphatic carbocycles. The quantitative estimate of drug-likeness (QED) is 0.892. The van der Waals surface area contributed by atoms with E-state index in [1.807, 2.05) is 0 Å². The summed E-state index contributed by atoms with van der Waals surface area (Å²) in [5, 5.41) is 19.4. The maximum Gasteiger partial charge on any atom is 0.106 e. The summed E-state index contributed by atoms with van der Waals surface area (Å²) in [7, 11) is 0. The molecule has 2 aromatic rings. The first-order valence-corrected chi connectivity index (χ1v) is 7.04. The molecule has 0 bridgehead atoms. The Bertz CT molecular complexity index is 674. The van der Waals surface area contributed by atoms with E-state index in [9.17, 15) is 5.11 Å². The van der Waals surface area contributed by atoms with E-state index in [-0.39, 0.29) is 25.6 Å². The van der Waals surface area contributed by atoms with Crippen molar-refractivity contribution in [3.63, 3.8) is 0 Å². The van der Waals surface area contributed by atoms with Crippen molar-refractivity contribution in [3.05, 3.63) is 52.2 Å². The fourth-order valence-corrected chi connectivity index (χ4v) is 3.07. The van der Waals surface area contributed by atoms with Gasteiger partial charge in [0.25, 0.3) is 0 Å². The van der Waals surface area contributed by atoms with Crippen LogP contribution in [0, 0.1) is 11.3 Å². The Kier molecular flexibility index (Phi) is 6.96. The van der Waals surface area contributed by atoms with Crippen LogP contribution >= 0.6 is 35.8 Å². The molecule has 0 saturated heterocycles. The molecular formula is C14H13Cl2N3OS. The molecule has 0 unspecified atom stereocenters. The van der Waals surface area contributed by atoms with Gasteiger partial charge >= 0.3 is 0 Å². The largest absolute Gasteiger partial charge is 0.392 e. The number of aliphatic hydroxyl groups excluding tert-OH is 1. The minimum atomic E-state index is -0.0952. The summed E-state index contributed by atoms with van der Waals surface area (Å²) in [6.07, 6.45) is 1.65. The number of rotatable bonds is 4. The first kappa shape index (κ1) is 17.8. The van der Waals surface area contributed by atoms with Crippen molar-refractivity contribution in [2.75, 3.05) is 0 Å². The average Bonchev–Trinajstić information content (AvgIpc) is 2.49. The molecule has 1 heterocycles. The van der Waals surface area contributed by atoms with Crippen molar-refractivity contribution < 1.29 is 5.11 Å². The topological polar surface area (TPSA) is 82.9 Å². The summed E-state index contributed by atoms with van der Waals surface area (Å²) in [6, 6.07) is 8.94. The Morgan fingerprint density at radius 2 is 2.14 bits per heavy atom. The third-order valence-electron chi connectivity index (χ3n) is 2.69. The van der Waals surface area contributed by atoms with Crippen LogP contribution in [-0.4, -0.2) is 10.1 Å². The van der Waals surface area contributed by atoms with Gasteiger partial charge < -0.3 is 10.8 Å². The Morgan fingerprint density at radius 3 is 2.76 bits per heavy atom. The highest BCUT2D eigenvalue weighted by Crippen LogP contribution is 2.37. The molecule has 2 rings (SSSR count). The van der Waals surface area contributed by atoms with Crippen molar-refractivity contribution in [1.29, 1.82) is 5.26 Å². The molecule has 1 aromatic heterocycles. The molecule has 0 spiro atoms. The van der Waals surface area contributed by atoms with Crippen LogP contribution in [0.15, 0.2) is 40.4 Å². The maximum atomic E-state index is 9.32. The van der Waals surface area contributed by atoms with Crippen molar-refractivity contribution in [2.45, 2.75) is 23.1 Å². The van der Waals surface area contributed by atoms with Crippen LogP contribution in [-0.2, 0) is 13.2 Å². The van der Waals surface area contributed by atoms with Gasteiger partial charge in [-0.15, -0.1) is 12.4 Å². The number of nitrogens with two attached hydrogens (primary N) is 1. The molecule has 0 fully saturated rings. The smallest absolute Gasteiger partial charge is 0.106 e. The molecule has 0 saturated carbocycles. The lowest BCUT2D eigenvalue weighted by Gasteiger charge is -2.11. The predicted molar refractivity (Wildman–Crippen MR) is 85.6 cm³/mol. The van der Waals surface area contributed by atoms with E-state index in [0.29, 0.717) is 15.6 Å². The molecule has 21 heavy (non-hydrogen) atoms. The second-order valence-electron chi connectivity index (χ2n) is 3.99. The zero-order valence-electron chi connectivity index (χ0n) is 10.9. The molecule has 4 nitrogen and oxygen atoms in total. The third-order valence-corrected chi connectivity index (χ3v) is 4.35. The maximum absolute atomic E-state index is 9.32. The number of nitriles is 1.